The van der Waals surface area contributed by atoms with Crippen molar-refractivity contribution in [3.8, 4) is 6.07 Å². The van der Waals surface area contributed by atoms with Crippen LogP contribution in [-0.4, -0.2) is 110 Å². The standard InChI is InChI=1S/C30H41F3N8O4Si/c1-46(2,3)14-13-44-21-41-28(42)27(30(31,32)33)25(17-36-41)40-8-4-5-23(40)20-45-24-18-39(19-24)29(43)38-11-9-37(10-12-38)26-7-6-22(15-34)16-35-26/h6-7,16-17,23-24H,4-5,8-14,18-21H2,1-3H3/t23-/m0/s1. The van der Waals surface area contributed by atoms with Crippen LogP contribution in [0.5, 0.6) is 0 Å². The fraction of sp³-hybridized carbons (Fsp3) is 0.633. The number of urea groups is 1. The summed E-state index contributed by atoms with van der Waals surface area (Å²) < 4.78 is 54.9. The fourth-order valence-corrected chi connectivity index (χ4v) is 6.58. The van der Waals surface area contributed by atoms with Gasteiger partial charge in [-0.1, -0.05) is 19.6 Å². The van der Waals surface area contributed by atoms with Gasteiger partial charge in [0.25, 0.3) is 5.56 Å². The second kappa shape index (κ2) is 14.0. The molecule has 250 valence electrons. The Morgan fingerprint density at radius 3 is 2.46 bits per heavy atom. The smallest absolute Gasteiger partial charge is 0.372 e. The molecular formula is C30H41F3N8O4Si. The van der Waals surface area contributed by atoms with E-state index in [1.807, 2.05) is 0 Å². The zero-order chi connectivity index (χ0) is 33.1. The largest absolute Gasteiger partial charge is 0.423 e. The first-order chi connectivity index (χ1) is 21.8. The lowest BCUT2D eigenvalue weighted by molar-refractivity contribution is -0.138. The molecule has 46 heavy (non-hydrogen) atoms. The lowest BCUT2D eigenvalue weighted by Crippen LogP contribution is -2.61. The SMILES string of the molecule is C[Si](C)(C)CCOCn1ncc(N2CCC[C@H]2COC2CN(C(=O)N3CCN(c4ccc(C#N)cn4)CC3)C2)c(C(F)(F)F)c1=O. The van der Waals surface area contributed by atoms with Gasteiger partial charge in [-0.2, -0.15) is 23.5 Å². The number of anilines is 2. The quantitative estimate of drug-likeness (QED) is 0.278. The molecule has 1 atom stereocenters. The second-order valence-electron chi connectivity index (χ2n) is 13.2. The van der Waals surface area contributed by atoms with Crippen molar-refractivity contribution in [1.29, 1.82) is 5.26 Å². The first-order valence-electron chi connectivity index (χ1n) is 15.6. The van der Waals surface area contributed by atoms with Crippen LogP contribution in [0.15, 0.2) is 29.3 Å². The minimum atomic E-state index is -4.86. The van der Waals surface area contributed by atoms with E-state index in [0.717, 1.165) is 22.7 Å². The molecule has 0 saturated carbocycles. The molecule has 2 amide bonds. The van der Waals surface area contributed by atoms with Gasteiger partial charge in [-0.25, -0.2) is 14.5 Å². The summed E-state index contributed by atoms with van der Waals surface area (Å²) in [7, 11) is -1.40. The zero-order valence-corrected chi connectivity index (χ0v) is 27.5. The molecular weight excluding hydrogens is 621 g/mol. The first kappa shape index (κ1) is 33.7. The number of rotatable bonds is 10. The van der Waals surface area contributed by atoms with E-state index < -0.39 is 25.4 Å². The number of hydrogen-bond donors (Lipinski definition) is 0. The van der Waals surface area contributed by atoms with Crippen LogP contribution in [-0.2, 0) is 22.4 Å². The van der Waals surface area contributed by atoms with Crippen molar-refractivity contribution in [2.24, 2.45) is 0 Å². The molecule has 0 aliphatic carbocycles. The average molecular weight is 663 g/mol. The van der Waals surface area contributed by atoms with Crippen LogP contribution >= 0.6 is 0 Å². The molecule has 3 aliphatic heterocycles. The Balaban J connectivity index is 1.11. The summed E-state index contributed by atoms with van der Waals surface area (Å²) in [5.41, 5.74) is -2.19. The molecule has 0 N–H and O–H groups in total. The molecule has 3 fully saturated rings. The third-order valence-corrected chi connectivity index (χ3v) is 10.3. The van der Waals surface area contributed by atoms with Crippen molar-refractivity contribution < 1.29 is 27.4 Å². The monoisotopic (exact) mass is 662 g/mol. The maximum atomic E-state index is 14.2. The highest BCUT2D eigenvalue weighted by molar-refractivity contribution is 6.76. The average Bonchev–Trinajstić information content (AvgIpc) is 3.46. The Morgan fingerprint density at radius 2 is 1.83 bits per heavy atom. The van der Waals surface area contributed by atoms with Crippen molar-refractivity contribution in [3.05, 3.63) is 46.0 Å². The molecule has 5 heterocycles. The van der Waals surface area contributed by atoms with Gasteiger partial charge < -0.3 is 29.1 Å². The predicted molar refractivity (Wildman–Crippen MR) is 167 cm³/mol. The van der Waals surface area contributed by atoms with Crippen LogP contribution in [0.1, 0.15) is 24.0 Å². The number of nitrogens with zero attached hydrogens (tertiary/aromatic N) is 8. The van der Waals surface area contributed by atoms with Gasteiger partial charge in [-0.05, 0) is 31.0 Å². The molecule has 16 heteroatoms. The van der Waals surface area contributed by atoms with Gasteiger partial charge in [0.1, 0.15) is 24.2 Å². The first-order valence-corrected chi connectivity index (χ1v) is 19.3. The van der Waals surface area contributed by atoms with Crippen molar-refractivity contribution in [2.45, 2.75) is 63.6 Å². The van der Waals surface area contributed by atoms with Crippen LogP contribution in [0, 0.1) is 11.3 Å². The van der Waals surface area contributed by atoms with Gasteiger partial charge in [0, 0.05) is 53.6 Å². The Morgan fingerprint density at radius 1 is 1.09 bits per heavy atom. The number of piperazine rings is 1. The van der Waals surface area contributed by atoms with Gasteiger partial charge in [0.05, 0.1) is 49.3 Å². The third-order valence-electron chi connectivity index (χ3n) is 8.60. The Kier molecular flexibility index (Phi) is 10.2. The van der Waals surface area contributed by atoms with Crippen molar-refractivity contribution in [3.63, 3.8) is 0 Å². The normalized spacial score (nSPS) is 19.4. The van der Waals surface area contributed by atoms with E-state index >= 15 is 0 Å². The van der Waals surface area contributed by atoms with Crippen molar-refractivity contribution in [2.75, 3.05) is 68.8 Å². The number of amides is 2. The van der Waals surface area contributed by atoms with E-state index in [0.29, 0.717) is 70.8 Å². The van der Waals surface area contributed by atoms with Gasteiger partial charge in [-0.15, -0.1) is 0 Å². The van der Waals surface area contributed by atoms with Crippen LogP contribution in [0.3, 0.4) is 0 Å². The fourth-order valence-electron chi connectivity index (χ4n) is 5.82. The van der Waals surface area contributed by atoms with Crippen LogP contribution in [0.2, 0.25) is 25.7 Å². The molecule has 0 aromatic carbocycles. The summed E-state index contributed by atoms with van der Waals surface area (Å²) in [6.45, 7) is 10.2. The van der Waals surface area contributed by atoms with Crippen molar-refractivity contribution >= 4 is 25.6 Å². The Hall–Kier alpha value is -3.68. The summed E-state index contributed by atoms with van der Waals surface area (Å²) in [6, 6.07) is 5.99. The number of likely N-dealkylation sites (tertiary alicyclic amines) is 1. The summed E-state index contributed by atoms with van der Waals surface area (Å²) in [5.74, 6) is 0.769. The molecule has 0 spiro atoms. The highest BCUT2D eigenvalue weighted by Gasteiger charge is 2.42. The maximum absolute atomic E-state index is 14.2. The van der Waals surface area contributed by atoms with Gasteiger partial charge >= 0.3 is 12.2 Å². The lowest BCUT2D eigenvalue weighted by Gasteiger charge is -2.44. The number of ether oxygens (including phenoxy) is 2. The Labute approximate surface area is 267 Å². The summed E-state index contributed by atoms with van der Waals surface area (Å²) >= 11 is 0. The van der Waals surface area contributed by atoms with E-state index in [1.165, 1.54) is 6.20 Å². The number of nitriles is 1. The molecule has 3 saturated heterocycles. The van der Waals surface area contributed by atoms with E-state index in [4.69, 9.17) is 14.7 Å². The number of pyridine rings is 1. The minimum Gasteiger partial charge on any atom is -0.372 e. The van der Waals surface area contributed by atoms with Gasteiger partial charge in [0.15, 0.2) is 0 Å². The van der Waals surface area contributed by atoms with Crippen LogP contribution in [0.4, 0.5) is 29.5 Å². The molecule has 12 nitrogen and oxygen atoms in total. The van der Waals surface area contributed by atoms with E-state index in [9.17, 15) is 22.8 Å². The molecule has 0 bridgehead atoms. The van der Waals surface area contributed by atoms with E-state index in [2.05, 4.69) is 40.7 Å². The molecule has 3 aliphatic rings. The maximum Gasteiger partial charge on any atom is 0.423 e. The van der Waals surface area contributed by atoms with E-state index in [-0.39, 0.29) is 37.2 Å². The van der Waals surface area contributed by atoms with E-state index in [1.54, 1.807) is 26.8 Å². The van der Waals surface area contributed by atoms with Gasteiger partial charge in [0.2, 0.25) is 0 Å². The minimum absolute atomic E-state index is 0.0688. The number of carbonyl (C=O) groups is 1. The zero-order valence-electron chi connectivity index (χ0n) is 26.5. The second-order valence-corrected chi connectivity index (χ2v) is 18.8. The summed E-state index contributed by atoms with van der Waals surface area (Å²) in [6.07, 6.45) is -1.14. The highest BCUT2D eigenvalue weighted by Crippen LogP contribution is 2.36. The number of hydrogen-bond acceptors (Lipinski definition) is 9. The topological polar surface area (TPSA) is 120 Å². The van der Waals surface area contributed by atoms with Crippen molar-refractivity contribution in [1.82, 2.24) is 24.6 Å². The van der Waals surface area contributed by atoms with Crippen LogP contribution < -0.4 is 15.4 Å². The molecule has 2 aromatic heterocycles. The summed E-state index contributed by atoms with van der Waals surface area (Å²) in [5, 5.41) is 13.0. The molecule has 2 aromatic rings. The van der Waals surface area contributed by atoms with Gasteiger partial charge in [-0.3, -0.25) is 4.79 Å². The Bertz CT molecular complexity index is 1460. The number of carbonyl (C=O) groups excluding carboxylic acids is 1. The van der Waals surface area contributed by atoms with Crippen LogP contribution in [0.25, 0.3) is 0 Å². The predicted octanol–water partition coefficient (Wildman–Crippen LogP) is 3.45. The third kappa shape index (κ3) is 7.99. The highest BCUT2D eigenvalue weighted by atomic mass is 28.3. The number of halogens is 3. The lowest BCUT2D eigenvalue weighted by atomic mass is 10.1. The summed E-state index contributed by atoms with van der Waals surface area (Å²) in [4.78, 5) is 37.5. The molecule has 0 radical (unpaired) electrons. The molecule has 0 unspecified atom stereocenters. The number of alkyl halides is 3. The number of aromatic nitrogens is 3. The molecule has 5 rings (SSSR count).